The Morgan fingerprint density at radius 3 is 2.61 bits per heavy atom. The van der Waals surface area contributed by atoms with Gasteiger partial charge in [0.25, 0.3) is 0 Å². The fourth-order valence-corrected chi connectivity index (χ4v) is 2.17. The predicted molar refractivity (Wildman–Crippen MR) is 69.3 cm³/mol. The molecule has 2 rings (SSSR count). The molecule has 0 unspecified atom stereocenters. The molecule has 0 aliphatic carbocycles. The van der Waals surface area contributed by atoms with E-state index in [0.717, 1.165) is 50.4 Å². The van der Waals surface area contributed by atoms with E-state index in [1.165, 1.54) is 0 Å². The maximum atomic E-state index is 10.7. The molecular weight excluding hydrogens is 228 g/mol. The second-order valence-electron chi connectivity index (χ2n) is 6.12. The van der Waals surface area contributed by atoms with Gasteiger partial charge in [-0.15, -0.1) is 0 Å². The summed E-state index contributed by atoms with van der Waals surface area (Å²) in [5.74, 6) is 1.96. The van der Waals surface area contributed by atoms with Crippen LogP contribution in [0.4, 0.5) is 0 Å². The predicted octanol–water partition coefficient (Wildman–Crippen LogP) is 2.38. The Hall–Kier alpha value is -1.16. The van der Waals surface area contributed by atoms with Crippen molar-refractivity contribution in [2.24, 2.45) is 5.92 Å². The van der Waals surface area contributed by atoms with Gasteiger partial charge in [0.2, 0.25) is 5.89 Å². The molecular formula is C14H22N2O2. The maximum absolute atomic E-state index is 10.7. The van der Waals surface area contributed by atoms with E-state index in [2.05, 4.69) is 30.7 Å². The molecule has 0 amide bonds. The first-order valence-corrected chi connectivity index (χ1v) is 6.62. The van der Waals surface area contributed by atoms with Crippen LogP contribution < -0.4 is 0 Å². The first kappa shape index (κ1) is 13.3. The Labute approximate surface area is 108 Å². The van der Waals surface area contributed by atoms with Crippen LogP contribution in [0.25, 0.3) is 0 Å². The number of hydrogen-bond donors (Lipinski definition) is 0. The maximum Gasteiger partial charge on any atom is 0.208 e. The van der Waals surface area contributed by atoms with Gasteiger partial charge in [0.15, 0.2) is 0 Å². The molecule has 4 heteroatoms. The molecule has 100 valence electrons. The highest BCUT2D eigenvalue weighted by atomic mass is 16.4. The monoisotopic (exact) mass is 250 g/mol. The zero-order valence-electron chi connectivity index (χ0n) is 11.5. The van der Waals surface area contributed by atoms with Crippen molar-refractivity contribution in [2.45, 2.75) is 45.6 Å². The van der Waals surface area contributed by atoms with Gasteiger partial charge in [-0.25, -0.2) is 4.98 Å². The van der Waals surface area contributed by atoms with Gasteiger partial charge in [-0.2, -0.15) is 0 Å². The molecule has 0 atom stereocenters. The van der Waals surface area contributed by atoms with Gasteiger partial charge in [0, 0.05) is 11.3 Å². The van der Waals surface area contributed by atoms with E-state index in [-0.39, 0.29) is 11.3 Å². The van der Waals surface area contributed by atoms with Crippen LogP contribution in [0, 0.1) is 5.92 Å². The van der Waals surface area contributed by atoms with Crippen molar-refractivity contribution in [3.05, 3.63) is 17.8 Å². The van der Waals surface area contributed by atoms with Gasteiger partial charge in [-0.05, 0) is 25.9 Å². The van der Waals surface area contributed by atoms with Gasteiger partial charge in [0.05, 0.1) is 12.7 Å². The van der Waals surface area contributed by atoms with Crippen LogP contribution in [0.5, 0.6) is 0 Å². The van der Waals surface area contributed by atoms with Crippen molar-refractivity contribution < 1.29 is 9.21 Å². The first-order chi connectivity index (χ1) is 8.49. The van der Waals surface area contributed by atoms with E-state index in [1.807, 2.05) is 6.20 Å². The number of hydrogen-bond acceptors (Lipinski definition) is 4. The van der Waals surface area contributed by atoms with E-state index in [4.69, 9.17) is 4.42 Å². The molecule has 0 N–H and O–H groups in total. The molecule has 1 aliphatic heterocycles. The third-order valence-corrected chi connectivity index (χ3v) is 3.48. The molecule has 1 fully saturated rings. The molecule has 18 heavy (non-hydrogen) atoms. The molecule has 2 heterocycles. The third-order valence-electron chi connectivity index (χ3n) is 3.48. The second-order valence-corrected chi connectivity index (χ2v) is 6.12. The van der Waals surface area contributed by atoms with Crippen molar-refractivity contribution in [3.8, 4) is 0 Å². The van der Waals surface area contributed by atoms with Crippen molar-refractivity contribution >= 4 is 6.29 Å². The van der Waals surface area contributed by atoms with E-state index >= 15 is 0 Å². The Morgan fingerprint density at radius 1 is 1.44 bits per heavy atom. The smallest absolute Gasteiger partial charge is 0.208 e. The number of rotatable bonds is 3. The molecule has 4 nitrogen and oxygen atoms in total. The van der Waals surface area contributed by atoms with Crippen molar-refractivity contribution in [1.29, 1.82) is 0 Å². The fraction of sp³-hybridized carbons (Fsp3) is 0.714. The number of oxazole rings is 1. The second kappa shape index (κ2) is 5.22. The summed E-state index contributed by atoms with van der Waals surface area (Å²) in [7, 11) is 0. The number of aldehydes is 1. The van der Waals surface area contributed by atoms with E-state index < -0.39 is 0 Å². The molecule has 0 spiro atoms. The van der Waals surface area contributed by atoms with Gasteiger partial charge < -0.3 is 9.21 Å². The summed E-state index contributed by atoms with van der Waals surface area (Å²) in [4.78, 5) is 17.3. The molecule has 1 aromatic rings. The normalized spacial score (nSPS) is 19.1. The number of carbonyl (C=O) groups excluding carboxylic acids is 1. The van der Waals surface area contributed by atoms with Crippen LogP contribution in [-0.4, -0.2) is 29.3 Å². The van der Waals surface area contributed by atoms with Crippen molar-refractivity contribution in [2.75, 3.05) is 13.1 Å². The lowest BCUT2D eigenvalue weighted by molar-refractivity contribution is -0.112. The van der Waals surface area contributed by atoms with Gasteiger partial charge >= 0.3 is 0 Å². The molecule has 1 aliphatic rings. The fourth-order valence-electron chi connectivity index (χ4n) is 2.17. The minimum absolute atomic E-state index is 0.00968. The van der Waals surface area contributed by atoms with E-state index in [1.54, 1.807) is 0 Å². The highest BCUT2D eigenvalue weighted by Crippen LogP contribution is 2.24. The number of piperidine rings is 1. The summed E-state index contributed by atoms with van der Waals surface area (Å²) >= 11 is 0. The largest absolute Gasteiger partial charge is 0.444 e. The van der Waals surface area contributed by atoms with Crippen LogP contribution in [0.15, 0.2) is 10.6 Å². The molecule has 1 aromatic heterocycles. The zero-order chi connectivity index (χ0) is 13.2. The van der Waals surface area contributed by atoms with Gasteiger partial charge in [-0.1, -0.05) is 20.8 Å². The number of nitrogens with zero attached hydrogens (tertiary/aromatic N) is 2. The summed E-state index contributed by atoms with van der Waals surface area (Å²) in [5, 5.41) is 0. The Morgan fingerprint density at radius 2 is 2.11 bits per heavy atom. The number of aromatic nitrogens is 1. The first-order valence-electron chi connectivity index (χ1n) is 6.62. The zero-order valence-corrected chi connectivity index (χ0v) is 11.5. The standard InChI is InChI=1S/C14H22N2O2/c1-14(2,3)12-8-15-13(18-12)9-16-6-4-11(10-17)5-7-16/h8,10-11H,4-7,9H2,1-3H3. The molecule has 0 aromatic carbocycles. The summed E-state index contributed by atoms with van der Waals surface area (Å²) < 4.78 is 5.78. The lowest BCUT2D eigenvalue weighted by Gasteiger charge is -2.28. The van der Waals surface area contributed by atoms with Crippen LogP contribution >= 0.6 is 0 Å². The summed E-state index contributed by atoms with van der Waals surface area (Å²) in [6.07, 6.45) is 4.82. The van der Waals surface area contributed by atoms with Crippen LogP contribution in [0.1, 0.15) is 45.3 Å². The minimum atomic E-state index is 0.00968. The average molecular weight is 250 g/mol. The van der Waals surface area contributed by atoms with Gasteiger partial charge in [-0.3, -0.25) is 4.90 Å². The van der Waals surface area contributed by atoms with Crippen LogP contribution in [-0.2, 0) is 16.8 Å². The highest BCUT2D eigenvalue weighted by Gasteiger charge is 2.22. The Kier molecular flexibility index (Phi) is 3.85. The van der Waals surface area contributed by atoms with Gasteiger partial charge in [0.1, 0.15) is 12.0 Å². The summed E-state index contributed by atoms with van der Waals surface area (Å²) in [6.45, 7) is 9.02. The third kappa shape index (κ3) is 3.19. The van der Waals surface area contributed by atoms with E-state index in [9.17, 15) is 4.79 Å². The van der Waals surface area contributed by atoms with Crippen molar-refractivity contribution in [1.82, 2.24) is 9.88 Å². The highest BCUT2D eigenvalue weighted by molar-refractivity contribution is 5.53. The minimum Gasteiger partial charge on any atom is -0.444 e. The number of likely N-dealkylation sites (tertiary alicyclic amines) is 1. The Bertz CT molecular complexity index is 398. The number of carbonyl (C=O) groups is 1. The molecule has 0 bridgehead atoms. The topological polar surface area (TPSA) is 46.3 Å². The summed E-state index contributed by atoms with van der Waals surface area (Å²) in [6, 6.07) is 0. The van der Waals surface area contributed by atoms with Crippen LogP contribution in [0.2, 0.25) is 0 Å². The molecule has 0 radical (unpaired) electrons. The average Bonchev–Trinajstić information content (AvgIpc) is 2.78. The molecule has 0 saturated carbocycles. The Balaban J connectivity index is 1.91. The lowest BCUT2D eigenvalue weighted by Crippen LogP contribution is -2.33. The lowest BCUT2D eigenvalue weighted by atomic mass is 9.94. The van der Waals surface area contributed by atoms with E-state index in [0.29, 0.717) is 0 Å². The SMILES string of the molecule is CC(C)(C)c1cnc(CN2CCC(C=O)CC2)o1. The molecule has 1 saturated heterocycles. The quantitative estimate of drug-likeness (QED) is 0.773. The van der Waals surface area contributed by atoms with Crippen molar-refractivity contribution in [3.63, 3.8) is 0 Å². The summed E-state index contributed by atoms with van der Waals surface area (Å²) in [5.41, 5.74) is 0.00968. The van der Waals surface area contributed by atoms with Crippen LogP contribution in [0.3, 0.4) is 0 Å².